The molecule has 0 bridgehead atoms. The van der Waals surface area contributed by atoms with Crippen molar-refractivity contribution in [2.24, 2.45) is 0 Å². The van der Waals surface area contributed by atoms with E-state index in [-0.39, 0.29) is 17.1 Å². The monoisotopic (exact) mass is 293 g/mol. The van der Waals surface area contributed by atoms with Crippen LogP contribution < -0.4 is 15.8 Å². The van der Waals surface area contributed by atoms with Gasteiger partial charge >= 0.3 is 5.97 Å². The molecule has 1 aromatic heterocycles. The lowest BCUT2D eigenvalue weighted by molar-refractivity contribution is 0.0698. The first-order chi connectivity index (χ1) is 9.52. The first kappa shape index (κ1) is 14.0. The fourth-order valence-electron chi connectivity index (χ4n) is 1.64. The van der Waals surface area contributed by atoms with Crippen LogP contribution in [-0.4, -0.2) is 23.2 Å². The van der Waals surface area contributed by atoms with Crippen LogP contribution in [0.3, 0.4) is 0 Å². The van der Waals surface area contributed by atoms with Gasteiger partial charge in [-0.05, 0) is 24.3 Å². The van der Waals surface area contributed by atoms with Crippen LogP contribution in [0.2, 0.25) is 5.02 Å². The predicted octanol–water partition coefficient (Wildman–Crippen LogP) is 2.77. The number of nitrogen functional groups attached to an aromatic ring is 1. The van der Waals surface area contributed by atoms with E-state index in [2.05, 4.69) is 10.3 Å². The Balaban J connectivity index is 2.33. The number of carbonyl (C=O) groups is 1. The molecule has 104 valence electrons. The van der Waals surface area contributed by atoms with Crippen LogP contribution in [0.25, 0.3) is 0 Å². The summed E-state index contributed by atoms with van der Waals surface area (Å²) in [6, 6.07) is 6.37. The molecule has 7 heteroatoms. The van der Waals surface area contributed by atoms with Crippen molar-refractivity contribution in [1.82, 2.24) is 4.98 Å². The van der Waals surface area contributed by atoms with Gasteiger partial charge in [-0.1, -0.05) is 11.6 Å². The summed E-state index contributed by atoms with van der Waals surface area (Å²) >= 11 is 6.01. The van der Waals surface area contributed by atoms with Crippen LogP contribution in [0.5, 0.6) is 5.75 Å². The van der Waals surface area contributed by atoms with Gasteiger partial charge in [-0.2, -0.15) is 0 Å². The number of methoxy groups -OCH3 is 1. The zero-order chi connectivity index (χ0) is 14.7. The molecule has 0 radical (unpaired) electrons. The summed E-state index contributed by atoms with van der Waals surface area (Å²) in [5, 5.41) is 12.3. The van der Waals surface area contributed by atoms with E-state index in [0.29, 0.717) is 16.5 Å². The number of carboxylic acids is 1. The number of benzene rings is 1. The number of nitrogens with two attached hydrogens (primary N) is 1. The van der Waals surface area contributed by atoms with Crippen molar-refractivity contribution in [2.75, 3.05) is 18.2 Å². The summed E-state index contributed by atoms with van der Waals surface area (Å²) in [4.78, 5) is 15.0. The molecule has 0 aliphatic carbocycles. The van der Waals surface area contributed by atoms with Gasteiger partial charge in [0.15, 0.2) is 5.82 Å². The van der Waals surface area contributed by atoms with Gasteiger partial charge < -0.3 is 20.9 Å². The maximum absolute atomic E-state index is 11.0. The van der Waals surface area contributed by atoms with Crippen LogP contribution in [0.4, 0.5) is 17.2 Å². The molecule has 0 unspecified atom stereocenters. The van der Waals surface area contributed by atoms with Crippen molar-refractivity contribution in [2.45, 2.75) is 0 Å². The number of ether oxygens (including phenoxy) is 1. The van der Waals surface area contributed by atoms with Gasteiger partial charge in [-0.3, -0.25) is 0 Å². The van der Waals surface area contributed by atoms with Crippen LogP contribution in [0.1, 0.15) is 10.4 Å². The van der Waals surface area contributed by atoms with Crippen LogP contribution in [0.15, 0.2) is 30.5 Å². The fourth-order valence-corrected chi connectivity index (χ4v) is 1.90. The Kier molecular flexibility index (Phi) is 3.95. The predicted molar refractivity (Wildman–Crippen MR) is 76.9 cm³/mol. The molecule has 20 heavy (non-hydrogen) atoms. The van der Waals surface area contributed by atoms with E-state index in [1.54, 1.807) is 18.2 Å². The van der Waals surface area contributed by atoms with Gasteiger partial charge in [0.25, 0.3) is 0 Å². The highest BCUT2D eigenvalue weighted by atomic mass is 35.5. The van der Waals surface area contributed by atoms with Crippen molar-refractivity contribution in [3.63, 3.8) is 0 Å². The van der Waals surface area contributed by atoms with Crippen molar-refractivity contribution >= 4 is 34.8 Å². The molecular weight excluding hydrogens is 282 g/mol. The number of pyridine rings is 1. The number of hydrogen-bond donors (Lipinski definition) is 3. The van der Waals surface area contributed by atoms with Crippen molar-refractivity contribution in [1.29, 1.82) is 0 Å². The Morgan fingerprint density at radius 2 is 2.20 bits per heavy atom. The Bertz CT molecular complexity index is 661. The molecule has 0 aliphatic rings. The summed E-state index contributed by atoms with van der Waals surface area (Å²) in [5.74, 6) is -0.315. The molecule has 1 heterocycles. The smallest absolute Gasteiger partial charge is 0.337 e. The third kappa shape index (κ3) is 2.75. The lowest BCUT2D eigenvalue weighted by atomic mass is 10.2. The summed E-state index contributed by atoms with van der Waals surface area (Å²) in [6.45, 7) is 0. The molecule has 0 aliphatic heterocycles. The third-order valence-corrected chi connectivity index (χ3v) is 2.93. The third-order valence-electron chi connectivity index (χ3n) is 2.64. The maximum atomic E-state index is 11.0. The SMILES string of the molecule is COc1ccc(Nc2nccc(C(=O)O)c2N)cc1Cl. The molecule has 2 aromatic rings. The summed E-state index contributed by atoms with van der Waals surface area (Å²) < 4.78 is 5.05. The summed E-state index contributed by atoms with van der Waals surface area (Å²) in [6.07, 6.45) is 1.37. The maximum Gasteiger partial charge on any atom is 0.337 e. The second-order valence-electron chi connectivity index (χ2n) is 3.90. The second kappa shape index (κ2) is 5.66. The molecule has 1 aromatic carbocycles. The van der Waals surface area contributed by atoms with Crippen molar-refractivity contribution < 1.29 is 14.6 Å². The van der Waals surface area contributed by atoms with Gasteiger partial charge in [0.2, 0.25) is 0 Å². The number of nitrogens with zero attached hydrogens (tertiary/aromatic N) is 1. The Morgan fingerprint density at radius 1 is 1.45 bits per heavy atom. The van der Waals surface area contributed by atoms with E-state index >= 15 is 0 Å². The first-order valence-electron chi connectivity index (χ1n) is 5.61. The zero-order valence-electron chi connectivity index (χ0n) is 10.6. The molecule has 6 nitrogen and oxygen atoms in total. The number of nitrogens with one attached hydrogen (secondary N) is 1. The van der Waals surface area contributed by atoms with Crippen molar-refractivity contribution in [3.05, 3.63) is 41.0 Å². The number of aromatic nitrogens is 1. The van der Waals surface area contributed by atoms with Crippen LogP contribution >= 0.6 is 11.6 Å². The first-order valence-corrected chi connectivity index (χ1v) is 5.99. The minimum atomic E-state index is -1.11. The lowest BCUT2D eigenvalue weighted by Gasteiger charge is -2.11. The molecule has 0 atom stereocenters. The molecule has 0 saturated carbocycles. The van der Waals surface area contributed by atoms with Crippen LogP contribution in [0, 0.1) is 0 Å². The van der Waals surface area contributed by atoms with E-state index in [0.717, 1.165) is 0 Å². The Hall–Kier alpha value is -2.47. The number of aromatic carboxylic acids is 1. The van der Waals surface area contributed by atoms with E-state index < -0.39 is 5.97 Å². The van der Waals surface area contributed by atoms with E-state index in [4.69, 9.17) is 27.2 Å². The molecule has 2 rings (SSSR count). The van der Waals surface area contributed by atoms with E-state index in [1.165, 1.54) is 19.4 Å². The quantitative estimate of drug-likeness (QED) is 0.802. The number of anilines is 3. The minimum Gasteiger partial charge on any atom is -0.495 e. The number of halogens is 1. The molecule has 4 N–H and O–H groups in total. The molecular formula is C13H12ClN3O3. The molecule has 0 amide bonds. The Morgan fingerprint density at radius 3 is 2.80 bits per heavy atom. The van der Waals surface area contributed by atoms with E-state index in [1.807, 2.05) is 0 Å². The van der Waals surface area contributed by atoms with E-state index in [9.17, 15) is 4.79 Å². The summed E-state index contributed by atoms with van der Waals surface area (Å²) in [7, 11) is 1.52. The van der Waals surface area contributed by atoms with Gasteiger partial charge in [-0.15, -0.1) is 0 Å². The average molecular weight is 294 g/mol. The standard InChI is InChI=1S/C13H12ClN3O3/c1-20-10-3-2-7(6-9(10)14)17-12-11(15)8(13(18)19)4-5-16-12/h2-6H,15H2,1H3,(H,16,17)(H,18,19). The number of hydrogen-bond acceptors (Lipinski definition) is 5. The number of rotatable bonds is 4. The largest absolute Gasteiger partial charge is 0.495 e. The second-order valence-corrected chi connectivity index (χ2v) is 4.31. The minimum absolute atomic E-state index is 0.0119. The Labute approximate surface area is 120 Å². The highest BCUT2D eigenvalue weighted by Crippen LogP contribution is 2.30. The normalized spacial score (nSPS) is 10.1. The topological polar surface area (TPSA) is 97.5 Å². The molecule has 0 spiro atoms. The van der Waals surface area contributed by atoms with Crippen LogP contribution in [-0.2, 0) is 0 Å². The zero-order valence-corrected chi connectivity index (χ0v) is 11.3. The molecule has 0 fully saturated rings. The lowest BCUT2D eigenvalue weighted by Crippen LogP contribution is -2.07. The highest BCUT2D eigenvalue weighted by molar-refractivity contribution is 6.32. The van der Waals surface area contributed by atoms with Gasteiger partial charge in [0.1, 0.15) is 5.75 Å². The molecule has 0 saturated heterocycles. The van der Waals surface area contributed by atoms with Gasteiger partial charge in [0.05, 0.1) is 23.4 Å². The summed E-state index contributed by atoms with van der Waals surface area (Å²) in [5.41, 5.74) is 6.44. The van der Waals surface area contributed by atoms with Gasteiger partial charge in [0, 0.05) is 11.9 Å². The fraction of sp³-hybridized carbons (Fsp3) is 0.0769. The van der Waals surface area contributed by atoms with Gasteiger partial charge in [-0.25, -0.2) is 9.78 Å². The van der Waals surface area contributed by atoms with Crippen molar-refractivity contribution in [3.8, 4) is 5.75 Å². The average Bonchev–Trinajstić information content (AvgIpc) is 2.41. The highest BCUT2D eigenvalue weighted by Gasteiger charge is 2.12. The number of carboxylic acid groups (broad SMARTS) is 1.